The van der Waals surface area contributed by atoms with Gasteiger partial charge in [-0.1, -0.05) is 11.6 Å². The third kappa shape index (κ3) is 2.59. The monoisotopic (exact) mass is 214 g/mol. The molecule has 3 nitrogen and oxygen atoms in total. The van der Waals surface area contributed by atoms with E-state index in [0.717, 1.165) is 0 Å². The highest BCUT2D eigenvalue weighted by atomic mass is 35.5. The number of aliphatic hydroxyl groups is 1. The highest BCUT2D eigenvalue weighted by Crippen LogP contribution is 2.23. The molecule has 0 fully saturated rings. The van der Waals surface area contributed by atoms with Gasteiger partial charge in [0.1, 0.15) is 5.82 Å². The average molecular weight is 215 g/mol. The largest absolute Gasteiger partial charge is 0.391 e. The standard InChI is InChI=1S/C10H15ClN2O/c1-7(14)10(2,3)13-9-8(11)5-4-6-12-9/h4-7,14H,1-3H3,(H,12,13). The average Bonchev–Trinajstić information content (AvgIpc) is 2.08. The lowest BCUT2D eigenvalue weighted by atomic mass is 9.99. The lowest BCUT2D eigenvalue weighted by molar-refractivity contribution is 0.133. The van der Waals surface area contributed by atoms with E-state index in [4.69, 9.17) is 11.6 Å². The summed E-state index contributed by atoms with van der Waals surface area (Å²) < 4.78 is 0. The van der Waals surface area contributed by atoms with Crippen LogP contribution in [0.1, 0.15) is 20.8 Å². The molecule has 0 aromatic carbocycles. The number of hydrogen-bond donors (Lipinski definition) is 2. The van der Waals surface area contributed by atoms with Gasteiger partial charge in [-0.15, -0.1) is 0 Å². The van der Waals surface area contributed by atoms with Gasteiger partial charge in [0.25, 0.3) is 0 Å². The summed E-state index contributed by atoms with van der Waals surface area (Å²) in [5.41, 5.74) is -0.446. The fraction of sp³-hybridized carbons (Fsp3) is 0.500. The van der Waals surface area contributed by atoms with Gasteiger partial charge in [-0.2, -0.15) is 0 Å². The van der Waals surface area contributed by atoms with E-state index in [0.29, 0.717) is 10.8 Å². The molecule has 1 aromatic heterocycles. The van der Waals surface area contributed by atoms with Crippen LogP contribution in [0.25, 0.3) is 0 Å². The fourth-order valence-corrected chi connectivity index (χ4v) is 1.06. The van der Waals surface area contributed by atoms with Crippen LogP contribution in [-0.4, -0.2) is 21.7 Å². The van der Waals surface area contributed by atoms with Gasteiger partial charge in [-0.05, 0) is 32.9 Å². The maximum absolute atomic E-state index is 9.50. The molecule has 0 saturated carbocycles. The Bertz CT molecular complexity index is 313. The van der Waals surface area contributed by atoms with Crippen molar-refractivity contribution in [2.45, 2.75) is 32.4 Å². The number of hydrogen-bond acceptors (Lipinski definition) is 3. The van der Waals surface area contributed by atoms with Gasteiger partial charge in [0.05, 0.1) is 16.7 Å². The van der Waals surface area contributed by atoms with E-state index in [1.807, 2.05) is 13.8 Å². The molecule has 1 heterocycles. The van der Waals surface area contributed by atoms with Crippen LogP contribution in [0.3, 0.4) is 0 Å². The maximum atomic E-state index is 9.50. The first-order valence-corrected chi connectivity index (χ1v) is 4.88. The van der Waals surface area contributed by atoms with E-state index in [9.17, 15) is 5.11 Å². The number of pyridine rings is 1. The maximum Gasteiger partial charge on any atom is 0.145 e. The van der Waals surface area contributed by atoms with Crippen LogP contribution in [0.2, 0.25) is 5.02 Å². The van der Waals surface area contributed by atoms with Crippen molar-refractivity contribution in [2.24, 2.45) is 0 Å². The Morgan fingerprint density at radius 2 is 2.21 bits per heavy atom. The van der Waals surface area contributed by atoms with Crippen LogP contribution in [0, 0.1) is 0 Å². The number of aromatic nitrogens is 1. The van der Waals surface area contributed by atoms with Gasteiger partial charge in [0.2, 0.25) is 0 Å². The van der Waals surface area contributed by atoms with E-state index in [1.165, 1.54) is 0 Å². The van der Waals surface area contributed by atoms with Crippen LogP contribution in [0.5, 0.6) is 0 Å². The molecule has 1 aromatic rings. The highest BCUT2D eigenvalue weighted by molar-refractivity contribution is 6.32. The van der Waals surface area contributed by atoms with Crippen molar-refractivity contribution >= 4 is 17.4 Å². The summed E-state index contributed by atoms with van der Waals surface area (Å²) in [4.78, 5) is 4.09. The summed E-state index contributed by atoms with van der Waals surface area (Å²) in [6.45, 7) is 5.51. The van der Waals surface area contributed by atoms with E-state index in [2.05, 4.69) is 10.3 Å². The van der Waals surface area contributed by atoms with Crippen molar-refractivity contribution < 1.29 is 5.11 Å². The molecule has 1 unspecified atom stereocenters. The molecule has 0 radical (unpaired) electrons. The molecule has 0 spiro atoms. The van der Waals surface area contributed by atoms with E-state index in [-0.39, 0.29) is 0 Å². The predicted octanol–water partition coefficient (Wildman–Crippen LogP) is 2.31. The van der Waals surface area contributed by atoms with Gasteiger partial charge in [0.15, 0.2) is 0 Å². The van der Waals surface area contributed by atoms with Crippen molar-refractivity contribution in [2.75, 3.05) is 5.32 Å². The first-order valence-electron chi connectivity index (χ1n) is 4.50. The minimum atomic E-state index is -0.486. The summed E-state index contributed by atoms with van der Waals surface area (Å²) in [5, 5.41) is 13.1. The lowest BCUT2D eigenvalue weighted by Gasteiger charge is -2.30. The minimum Gasteiger partial charge on any atom is -0.391 e. The molecular weight excluding hydrogens is 200 g/mol. The number of anilines is 1. The fourth-order valence-electron chi connectivity index (χ4n) is 0.887. The zero-order valence-electron chi connectivity index (χ0n) is 8.58. The van der Waals surface area contributed by atoms with Crippen LogP contribution in [0.4, 0.5) is 5.82 Å². The minimum absolute atomic E-state index is 0.446. The zero-order valence-corrected chi connectivity index (χ0v) is 9.34. The number of nitrogens with one attached hydrogen (secondary N) is 1. The highest BCUT2D eigenvalue weighted by Gasteiger charge is 2.24. The van der Waals surface area contributed by atoms with Crippen LogP contribution in [-0.2, 0) is 0 Å². The van der Waals surface area contributed by atoms with E-state index in [1.54, 1.807) is 25.3 Å². The Labute approximate surface area is 89.1 Å². The molecule has 0 aliphatic carbocycles. The van der Waals surface area contributed by atoms with Crippen molar-refractivity contribution in [1.29, 1.82) is 0 Å². The second-order valence-electron chi connectivity index (χ2n) is 3.86. The zero-order chi connectivity index (χ0) is 10.8. The quantitative estimate of drug-likeness (QED) is 0.812. The van der Waals surface area contributed by atoms with Crippen molar-refractivity contribution in [3.05, 3.63) is 23.4 Å². The van der Waals surface area contributed by atoms with E-state index >= 15 is 0 Å². The molecule has 0 bridgehead atoms. The summed E-state index contributed by atoms with van der Waals surface area (Å²) in [7, 11) is 0. The summed E-state index contributed by atoms with van der Waals surface area (Å²) in [6, 6.07) is 3.53. The molecule has 4 heteroatoms. The second kappa shape index (κ2) is 4.15. The summed E-state index contributed by atoms with van der Waals surface area (Å²) >= 11 is 5.93. The molecule has 0 saturated heterocycles. The smallest absolute Gasteiger partial charge is 0.145 e. The van der Waals surface area contributed by atoms with Crippen molar-refractivity contribution in [3.8, 4) is 0 Å². The molecule has 1 atom stereocenters. The summed E-state index contributed by atoms with van der Waals surface area (Å²) in [5.74, 6) is 0.597. The molecule has 78 valence electrons. The molecule has 2 N–H and O–H groups in total. The molecule has 0 aliphatic heterocycles. The molecule has 0 amide bonds. The first kappa shape index (κ1) is 11.3. The van der Waals surface area contributed by atoms with Gasteiger partial charge in [-0.3, -0.25) is 0 Å². The van der Waals surface area contributed by atoms with Crippen molar-refractivity contribution in [1.82, 2.24) is 4.98 Å². The Balaban J connectivity index is 2.84. The molecule has 0 aliphatic rings. The van der Waals surface area contributed by atoms with Crippen LogP contribution < -0.4 is 5.32 Å². The Morgan fingerprint density at radius 1 is 1.57 bits per heavy atom. The lowest BCUT2D eigenvalue weighted by Crippen LogP contribution is -2.42. The van der Waals surface area contributed by atoms with Gasteiger partial charge >= 0.3 is 0 Å². The SMILES string of the molecule is CC(O)C(C)(C)Nc1ncccc1Cl. The third-order valence-electron chi connectivity index (χ3n) is 2.24. The Hall–Kier alpha value is -0.800. The number of aliphatic hydroxyl groups excluding tert-OH is 1. The van der Waals surface area contributed by atoms with E-state index < -0.39 is 11.6 Å². The number of nitrogens with zero attached hydrogens (tertiary/aromatic N) is 1. The Kier molecular flexibility index (Phi) is 3.34. The normalized spacial score (nSPS) is 13.8. The molecule has 14 heavy (non-hydrogen) atoms. The topological polar surface area (TPSA) is 45.1 Å². The molecule has 1 rings (SSSR count). The van der Waals surface area contributed by atoms with Crippen LogP contribution >= 0.6 is 11.6 Å². The van der Waals surface area contributed by atoms with Crippen molar-refractivity contribution in [3.63, 3.8) is 0 Å². The summed E-state index contributed by atoms with van der Waals surface area (Å²) in [6.07, 6.45) is 1.17. The third-order valence-corrected chi connectivity index (χ3v) is 2.55. The molecular formula is C10H15ClN2O. The predicted molar refractivity (Wildman–Crippen MR) is 58.6 cm³/mol. The number of rotatable bonds is 3. The van der Waals surface area contributed by atoms with Gasteiger partial charge < -0.3 is 10.4 Å². The van der Waals surface area contributed by atoms with Crippen LogP contribution in [0.15, 0.2) is 18.3 Å². The second-order valence-corrected chi connectivity index (χ2v) is 4.26. The van der Waals surface area contributed by atoms with Gasteiger partial charge in [-0.25, -0.2) is 4.98 Å². The Morgan fingerprint density at radius 3 is 2.71 bits per heavy atom. The number of halogens is 1. The van der Waals surface area contributed by atoms with Gasteiger partial charge in [0, 0.05) is 6.20 Å². The first-order chi connectivity index (χ1) is 6.43.